The lowest BCUT2D eigenvalue weighted by Gasteiger charge is -2.32. The first-order valence-corrected chi connectivity index (χ1v) is 13.3. The summed E-state index contributed by atoms with van der Waals surface area (Å²) < 4.78 is 8.19. The van der Waals surface area contributed by atoms with Gasteiger partial charge in [0.2, 0.25) is 5.91 Å². The van der Waals surface area contributed by atoms with Crippen molar-refractivity contribution >= 4 is 11.7 Å². The third-order valence-corrected chi connectivity index (χ3v) is 7.12. The van der Waals surface area contributed by atoms with Crippen LogP contribution in [0.1, 0.15) is 39.9 Å². The summed E-state index contributed by atoms with van der Waals surface area (Å²) in [5.41, 5.74) is 5.84. The zero-order chi connectivity index (χ0) is 27.2. The average molecular weight is 520 g/mol. The Labute approximate surface area is 229 Å². The Kier molecular flexibility index (Phi) is 8.02. The molecule has 1 saturated heterocycles. The van der Waals surface area contributed by atoms with Crippen LogP contribution in [-0.2, 0) is 24.7 Å². The van der Waals surface area contributed by atoms with Gasteiger partial charge in [0, 0.05) is 31.8 Å². The molecule has 6 nitrogen and oxygen atoms in total. The van der Waals surface area contributed by atoms with Crippen LogP contribution in [0.25, 0.3) is 11.1 Å². The van der Waals surface area contributed by atoms with E-state index in [0.717, 1.165) is 36.0 Å². The summed E-state index contributed by atoms with van der Waals surface area (Å²) >= 11 is 0. The maximum Gasteiger partial charge on any atom is 0.246 e. The number of ketones is 1. The molecular formula is C33H33N3O3. The molecule has 0 spiro atoms. The fourth-order valence-corrected chi connectivity index (χ4v) is 5.03. The van der Waals surface area contributed by atoms with E-state index in [2.05, 4.69) is 35.9 Å². The third kappa shape index (κ3) is 6.52. The molecule has 1 aliphatic heterocycles. The smallest absolute Gasteiger partial charge is 0.246 e. The fourth-order valence-electron chi connectivity index (χ4n) is 5.03. The minimum absolute atomic E-state index is 0.00613. The van der Waals surface area contributed by atoms with Gasteiger partial charge in [0.05, 0.1) is 18.3 Å². The Bertz CT molecular complexity index is 1460. The molecule has 1 aromatic heterocycles. The van der Waals surface area contributed by atoms with Gasteiger partial charge in [0.15, 0.2) is 5.78 Å². The van der Waals surface area contributed by atoms with Crippen LogP contribution in [0.5, 0.6) is 5.75 Å². The molecule has 1 aliphatic rings. The standard InChI is InChI=1S/C33H33N3O3/c1-3-33(38)36-17-7-10-29(23-36)39-32-20-27(28-21-34-35(2)22-28)15-16-30(32)31(37)19-26-13-11-25(12-14-26)18-24-8-5-4-6-9-24/h3-6,8-9,11-16,20-22,29H,1,7,10,17-19,23H2,2H3/t29-/m1/s1. The molecule has 39 heavy (non-hydrogen) atoms. The number of Topliss-reactive ketones (excluding diaryl/α,β-unsaturated/α-hetero) is 1. The van der Waals surface area contributed by atoms with Gasteiger partial charge in [-0.05, 0) is 59.7 Å². The highest BCUT2D eigenvalue weighted by Crippen LogP contribution is 2.30. The predicted octanol–water partition coefficient (Wildman–Crippen LogP) is 5.66. The van der Waals surface area contributed by atoms with E-state index in [1.807, 2.05) is 61.8 Å². The summed E-state index contributed by atoms with van der Waals surface area (Å²) in [6, 6.07) is 24.3. The molecule has 0 aliphatic carbocycles. The highest BCUT2D eigenvalue weighted by atomic mass is 16.5. The number of nitrogens with zero attached hydrogens (tertiary/aromatic N) is 3. The molecule has 1 amide bonds. The van der Waals surface area contributed by atoms with E-state index >= 15 is 0 Å². The van der Waals surface area contributed by atoms with Crippen molar-refractivity contribution in [2.24, 2.45) is 7.05 Å². The predicted molar refractivity (Wildman–Crippen MR) is 153 cm³/mol. The number of rotatable bonds is 9. The van der Waals surface area contributed by atoms with E-state index in [1.165, 1.54) is 17.2 Å². The van der Waals surface area contributed by atoms with Gasteiger partial charge in [-0.1, -0.05) is 67.2 Å². The van der Waals surface area contributed by atoms with Gasteiger partial charge in [0.1, 0.15) is 11.9 Å². The molecule has 198 valence electrons. The molecule has 1 fully saturated rings. The SMILES string of the molecule is C=CC(=O)N1CCC[C@@H](Oc2cc(-c3cnn(C)c3)ccc2C(=O)Cc2ccc(Cc3ccccc3)cc2)C1. The van der Waals surface area contributed by atoms with E-state index in [0.29, 0.717) is 24.4 Å². The Balaban J connectivity index is 1.36. The van der Waals surface area contributed by atoms with Gasteiger partial charge in [-0.3, -0.25) is 14.3 Å². The summed E-state index contributed by atoms with van der Waals surface area (Å²) in [6.45, 7) is 4.77. The van der Waals surface area contributed by atoms with Crippen molar-refractivity contribution in [3.63, 3.8) is 0 Å². The van der Waals surface area contributed by atoms with Crippen molar-refractivity contribution in [1.29, 1.82) is 0 Å². The Morgan fingerprint density at radius 3 is 2.46 bits per heavy atom. The average Bonchev–Trinajstić information content (AvgIpc) is 3.40. The molecule has 0 bridgehead atoms. The number of aryl methyl sites for hydroxylation is 1. The molecular weight excluding hydrogens is 486 g/mol. The number of carbonyl (C=O) groups excluding carboxylic acids is 2. The fraction of sp³-hybridized carbons (Fsp3) is 0.242. The first kappa shape index (κ1) is 26.2. The maximum absolute atomic E-state index is 13.5. The Hall–Kier alpha value is -4.45. The maximum atomic E-state index is 13.5. The largest absolute Gasteiger partial charge is 0.488 e. The van der Waals surface area contributed by atoms with Crippen molar-refractivity contribution in [3.05, 3.63) is 120 Å². The monoisotopic (exact) mass is 519 g/mol. The van der Waals surface area contributed by atoms with Gasteiger partial charge in [-0.25, -0.2) is 0 Å². The summed E-state index contributed by atoms with van der Waals surface area (Å²) in [5, 5.41) is 4.28. The second-order valence-corrected chi connectivity index (χ2v) is 10.1. The minimum atomic E-state index is -0.199. The molecule has 2 heterocycles. The number of likely N-dealkylation sites (tertiary alicyclic amines) is 1. The number of benzene rings is 3. The number of hydrogen-bond donors (Lipinski definition) is 0. The van der Waals surface area contributed by atoms with Crippen LogP contribution in [0.4, 0.5) is 0 Å². The van der Waals surface area contributed by atoms with E-state index in [9.17, 15) is 9.59 Å². The zero-order valence-electron chi connectivity index (χ0n) is 22.3. The molecule has 1 atom stereocenters. The van der Waals surface area contributed by atoms with Crippen molar-refractivity contribution in [3.8, 4) is 16.9 Å². The van der Waals surface area contributed by atoms with Crippen molar-refractivity contribution in [2.45, 2.75) is 31.8 Å². The Morgan fingerprint density at radius 2 is 1.74 bits per heavy atom. The number of hydrogen-bond acceptors (Lipinski definition) is 4. The lowest BCUT2D eigenvalue weighted by molar-refractivity contribution is -0.128. The molecule has 5 rings (SSSR count). The van der Waals surface area contributed by atoms with Gasteiger partial charge in [-0.15, -0.1) is 0 Å². The molecule has 3 aromatic carbocycles. The Morgan fingerprint density at radius 1 is 1.00 bits per heavy atom. The van der Waals surface area contributed by atoms with Crippen LogP contribution in [0, 0.1) is 0 Å². The number of amides is 1. The molecule has 0 N–H and O–H groups in total. The number of aromatic nitrogens is 2. The second-order valence-electron chi connectivity index (χ2n) is 10.1. The third-order valence-electron chi connectivity index (χ3n) is 7.12. The molecule has 4 aromatic rings. The second kappa shape index (κ2) is 11.9. The van der Waals surface area contributed by atoms with Crippen molar-refractivity contribution in [2.75, 3.05) is 13.1 Å². The summed E-state index contributed by atoms with van der Waals surface area (Å²) in [5.74, 6) is 0.438. The van der Waals surface area contributed by atoms with Crippen LogP contribution in [0.2, 0.25) is 0 Å². The number of carbonyl (C=O) groups is 2. The van der Waals surface area contributed by atoms with E-state index < -0.39 is 0 Å². The van der Waals surface area contributed by atoms with Crippen molar-refractivity contribution < 1.29 is 14.3 Å². The molecule has 0 radical (unpaired) electrons. The summed E-state index contributed by atoms with van der Waals surface area (Å²) in [4.78, 5) is 27.5. The van der Waals surface area contributed by atoms with E-state index in [4.69, 9.17) is 4.74 Å². The van der Waals surface area contributed by atoms with Gasteiger partial charge in [0.25, 0.3) is 0 Å². The van der Waals surface area contributed by atoms with Crippen LogP contribution in [0.15, 0.2) is 97.8 Å². The minimum Gasteiger partial charge on any atom is -0.488 e. The van der Waals surface area contributed by atoms with Gasteiger partial charge in [-0.2, -0.15) is 5.10 Å². The zero-order valence-corrected chi connectivity index (χ0v) is 22.3. The molecule has 0 unspecified atom stereocenters. The highest BCUT2D eigenvalue weighted by molar-refractivity contribution is 6.00. The summed E-state index contributed by atoms with van der Waals surface area (Å²) in [7, 11) is 1.87. The van der Waals surface area contributed by atoms with Gasteiger partial charge < -0.3 is 9.64 Å². The first-order chi connectivity index (χ1) is 19.0. The van der Waals surface area contributed by atoms with E-state index in [1.54, 1.807) is 15.8 Å². The van der Waals surface area contributed by atoms with Crippen LogP contribution < -0.4 is 4.74 Å². The van der Waals surface area contributed by atoms with Crippen LogP contribution in [0.3, 0.4) is 0 Å². The quantitative estimate of drug-likeness (QED) is 0.211. The summed E-state index contributed by atoms with van der Waals surface area (Å²) in [6.07, 6.45) is 7.65. The number of piperidine rings is 1. The molecule has 6 heteroatoms. The van der Waals surface area contributed by atoms with Crippen LogP contribution >= 0.6 is 0 Å². The van der Waals surface area contributed by atoms with Gasteiger partial charge >= 0.3 is 0 Å². The lowest BCUT2D eigenvalue weighted by Crippen LogP contribution is -2.43. The van der Waals surface area contributed by atoms with Crippen LogP contribution in [-0.4, -0.2) is 45.6 Å². The van der Waals surface area contributed by atoms with Crippen molar-refractivity contribution in [1.82, 2.24) is 14.7 Å². The highest BCUT2D eigenvalue weighted by Gasteiger charge is 2.25. The number of ether oxygens (including phenoxy) is 1. The lowest BCUT2D eigenvalue weighted by atomic mass is 9.97. The first-order valence-electron chi connectivity index (χ1n) is 13.3. The topological polar surface area (TPSA) is 64.4 Å². The van der Waals surface area contributed by atoms with E-state index in [-0.39, 0.29) is 24.2 Å². The molecule has 0 saturated carbocycles. The normalized spacial score (nSPS) is 15.1.